The number of nitrogens with one attached hydrogen (secondary N) is 1. The molecule has 0 saturated heterocycles. The molecule has 0 spiro atoms. The molecule has 0 aromatic heterocycles. The van der Waals surface area contributed by atoms with Crippen molar-refractivity contribution in [3.05, 3.63) is 0 Å². The van der Waals surface area contributed by atoms with Gasteiger partial charge in [0.2, 0.25) is 10.0 Å². The molecule has 0 bridgehead atoms. The van der Waals surface area contributed by atoms with Crippen LogP contribution in [-0.2, 0) is 29.1 Å². The van der Waals surface area contributed by atoms with Gasteiger partial charge < -0.3 is 9.47 Å². The zero-order valence-corrected chi connectivity index (χ0v) is 11.6. The van der Waals surface area contributed by atoms with Crippen LogP contribution in [0.4, 0.5) is 0 Å². The first-order valence-electron chi connectivity index (χ1n) is 5.64. The number of carbonyl (C=O) groups excluding carboxylic acids is 2. The van der Waals surface area contributed by atoms with E-state index in [1.807, 2.05) is 0 Å². The maximum Gasteiger partial charge on any atom is 0.323 e. The molecule has 1 N–H and O–H groups in total. The first-order valence-corrected chi connectivity index (χ1v) is 7.29. The fraction of sp³-hybridized carbons (Fsp3) is 0.800. The Morgan fingerprint density at radius 1 is 1.17 bits per heavy atom. The molecule has 0 aliphatic rings. The number of sulfonamides is 1. The molecule has 1 atom stereocenters. The lowest BCUT2D eigenvalue weighted by atomic mass is 10.4. The number of carbonyl (C=O) groups is 2. The first kappa shape index (κ1) is 16.9. The summed E-state index contributed by atoms with van der Waals surface area (Å²) in [6.07, 6.45) is -0.251. The molecular formula is C10H19NO6S. The summed E-state index contributed by atoms with van der Waals surface area (Å²) in [5.41, 5.74) is 0. The first-order chi connectivity index (χ1) is 8.32. The molecule has 0 rings (SSSR count). The summed E-state index contributed by atoms with van der Waals surface area (Å²) in [6, 6.07) is -0.975. The maximum atomic E-state index is 11.5. The molecule has 0 aromatic rings. The van der Waals surface area contributed by atoms with Crippen LogP contribution in [-0.4, -0.2) is 45.4 Å². The molecule has 18 heavy (non-hydrogen) atoms. The number of ether oxygens (including phenoxy) is 2. The summed E-state index contributed by atoms with van der Waals surface area (Å²) in [5.74, 6) is -1.67. The van der Waals surface area contributed by atoms with Crippen LogP contribution in [0.15, 0.2) is 0 Å². The van der Waals surface area contributed by atoms with Crippen LogP contribution in [0.3, 0.4) is 0 Å². The zero-order chi connectivity index (χ0) is 14.2. The average Bonchev–Trinajstić information content (AvgIpc) is 2.27. The van der Waals surface area contributed by atoms with Crippen LogP contribution in [0.2, 0.25) is 0 Å². The van der Waals surface area contributed by atoms with E-state index in [2.05, 4.69) is 14.2 Å². The Bertz CT molecular complexity index is 378. The average molecular weight is 281 g/mol. The van der Waals surface area contributed by atoms with Gasteiger partial charge in [-0.05, 0) is 20.8 Å². The third kappa shape index (κ3) is 7.23. The van der Waals surface area contributed by atoms with Crippen molar-refractivity contribution in [2.45, 2.75) is 33.2 Å². The molecule has 106 valence electrons. The quantitative estimate of drug-likeness (QED) is 0.619. The Hall–Kier alpha value is -1.15. The molecular weight excluding hydrogens is 262 g/mol. The third-order valence-corrected chi connectivity index (χ3v) is 3.33. The minimum atomic E-state index is -3.71. The van der Waals surface area contributed by atoms with E-state index >= 15 is 0 Å². The van der Waals surface area contributed by atoms with Gasteiger partial charge in [-0.15, -0.1) is 0 Å². The van der Waals surface area contributed by atoms with Gasteiger partial charge in [0.25, 0.3) is 0 Å². The summed E-state index contributed by atoms with van der Waals surface area (Å²) in [4.78, 5) is 22.2. The van der Waals surface area contributed by atoms with E-state index in [0.717, 1.165) is 0 Å². The van der Waals surface area contributed by atoms with Crippen molar-refractivity contribution >= 4 is 22.0 Å². The van der Waals surface area contributed by atoms with Crippen molar-refractivity contribution in [2.24, 2.45) is 0 Å². The standard InChI is InChI=1S/C10H19NO6S/c1-4-16-9(12)6-7-18(14,15)11-8(3)10(13)17-5-2/h8,11H,4-7H2,1-3H3. The second-order valence-corrected chi connectivity index (χ2v) is 5.34. The minimum absolute atomic E-state index is 0.174. The fourth-order valence-corrected chi connectivity index (χ4v) is 2.28. The highest BCUT2D eigenvalue weighted by Gasteiger charge is 2.22. The van der Waals surface area contributed by atoms with Crippen molar-refractivity contribution in [3.63, 3.8) is 0 Å². The van der Waals surface area contributed by atoms with Crippen molar-refractivity contribution in [1.82, 2.24) is 4.72 Å². The molecule has 8 heteroatoms. The van der Waals surface area contributed by atoms with Crippen LogP contribution in [0, 0.1) is 0 Å². The van der Waals surface area contributed by atoms with Crippen LogP contribution in [0.25, 0.3) is 0 Å². The highest BCUT2D eigenvalue weighted by Crippen LogP contribution is 1.97. The zero-order valence-electron chi connectivity index (χ0n) is 10.8. The molecule has 0 amide bonds. The van der Waals surface area contributed by atoms with Gasteiger partial charge in [0.1, 0.15) is 6.04 Å². The molecule has 0 saturated carbocycles. The molecule has 0 aliphatic carbocycles. The van der Waals surface area contributed by atoms with Gasteiger partial charge in [-0.25, -0.2) is 13.1 Å². The third-order valence-electron chi connectivity index (χ3n) is 1.88. The van der Waals surface area contributed by atoms with E-state index < -0.39 is 33.8 Å². The minimum Gasteiger partial charge on any atom is -0.466 e. The predicted octanol–water partition coefficient (Wildman–Crippen LogP) is -0.189. The van der Waals surface area contributed by atoms with Crippen LogP contribution in [0.1, 0.15) is 27.2 Å². The normalized spacial score (nSPS) is 12.8. The lowest BCUT2D eigenvalue weighted by Gasteiger charge is -2.12. The molecule has 0 radical (unpaired) electrons. The van der Waals surface area contributed by atoms with E-state index in [4.69, 9.17) is 0 Å². The van der Waals surface area contributed by atoms with E-state index in [1.165, 1.54) is 6.92 Å². The van der Waals surface area contributed by atoms with Gasteiger partial charge in [0, 0.05) is 0 Å². The van der Waals surface area contributed by atoms with Crippen molar-refractivity contribution < 1.29 is 27.5 Å². The molecule has 0 fully saturated rings. The van der Waals surface area contributed by atoms with Gasteiger partial charge >= 0.3 is 11.9 Å². The number of hydrogen-bond donors (Lipinski definition) is 1. The summed E-state index contributed by atoms with van der Waals surface area (Å²) < 4.78 is 34.5. The maximum absolute atomic E-state index is 11.5. The Labute approximate surface area is 107 Å². The van der Waals surface area contributed by atoms with Gasteiger partial charge in [0.05, 0.1) is 25.4 Å². The lowest BCUT2D eigenvalue weighted by molar-refractivity contribution is -0.144. The monoisotopic (exact) mass is 281 g/mol. The van der Waals surface area contributed by atoms with Crippen LogP contribution >= 0.6 is 0 Å². The van der Waals surface area contributed by atoms with E-state index in [-0.39, 0.29) is 19.6 Å². The summed E-state index contributed by atoms with van der Waals surface area (Å²) in [5, 5.41) is 0. The Morgan fingerprint density at radius 3 is 2.22 bits per heavy atom. The summed E-state index contributed by atoms with van der Waals surface area (Å²) >= 11 is 0. The molecule has 0 aromatic carbocycles. The van der Waals surface area contributed by atoms with Crippen molar-refractivity contribution in [1.29, 1.82) is 0 Å². The second kappa shape index (κ2) is 8.04. The van der Waals surface area contributed by atoms with Crippen molar-refractivity contribution in [2.75, 3.05) is 19.0 Å². The topological polar surface area (TPSA) is 98.8 Å². The summed E-state index contributed by atoms with van der Waals surface area (Å²) in [7, 11) is -3.71. The van der Waals surface area contributed by atoms with E-state index in [0.29, 0.717) is 0 Å². The number of hydrogen-bond acceptors (Lipinski definition) is 6. The molecule has 0 aliphatic heterocycles. The highest BCUT2D eigenvalue weighted by atomic mass is 32.2. The predicted molar refractivity (Wildman–Crippen MR) is 64.3 cm³/mol. The van der Waals surface area contributed by atoms with Crippen molar-refractivity contribution in [3.8, 4) is 0 Å². The Balaban J connectivity index is 4.23. The fourth-order valence-electron chi connectivity index (χ4n) is 1.09. The van der Waals surface area contributed by atoms with Crippen LogP contribution < -0.4 is 4.72 Å². The Morgan fingerprint density at radius 2 is 1.72 bits per heavy atom. The van der Waals surface area contributed by atoms with Gasteiger partial charge in [-0.3, -0.25) is 9.59 Å². The smallest absolute Gasteiger partial charge is 0.323 e. The van der Waals surface area contributed by atoms with Crippen LogP contribution in [0.5, 0.6) is 0 Å². The van der Waals surface area contributed by atoms with Gasteiger partial charge in [-0.1, -0.05) is 0 Å². The summed E-state index contributed by atoms with van der Waals surface area (Å²) in [6.45, 7) is 5.01. The Kier molecular flexibility index (Phi) is 7.53. The van der Waals surface area contributed by atoms with Gasteiger partial charge in [-0.2, -0.15) is 0 Å². The van der Waals surface area contributed by atoms with E-state index in [1.54, 1.807) is 13.8 Å². The molecule has 0 heterocycles. The SMILES string of the molecule is CCOC(=O)CCS(=O)(=O)NC(C)C(=O)OCC. The molecule has 1 unspecified atom stereocenters. The number of rotatable bonds is 8. The number of esters is 2. The van der Waals surface area contributed by atoms with E-state index in [9.17, 15) is 18.0 Å². The van der Waals surface area contributed by atoms with Gasteiger partial charge in [0.15, 0.2) is 0 Å². The molecule has 7 nitrogen and oxygen atoms in total. The lowest BCUT2D eigenvalue weighted by Crippen LogP contribution is -2.41. The second-order valence-electron chi connectivity index (χ2n) is 3.47. The largest absolute Gasteiger partial charge is 0.466 e. The highest BCUT2D eigenvalue weighted by molar-refractivity contribution is 7.89.